The number of benzene rings is 1. The highest BCUT2D eigenvalue weighted by atomic mass is 16.7. The average molecular weight is 460 g/mol. The average Bonchev–Trinajstić information content (AvgIpc) is 3.23. The fraction of sp³-hybridized carbons (Fsp3) is 0.476. The van der Waals surface area contributed by atoms with Crippen LogP contribution in [-0.2, 0) is 24.0 Å². The molecule has 12 heteroatoms. The van der Waals surface area contributed by atoms with Gasteiger partial charge in [-0.25, -0.2) is 5.01 Å². The molecular formula is C21H24N4O8. The maximum atomic E-state index is 13.5. The number of nitrogens with one attached hydrogen (secondary N) is 2. The number of carbonyl (C=O) groups excluding carboxylic acids is 4. The fourth-order valence-corrected chi connectivity index (χ4v) is 4.19. The maximum Gasteiger partial charge on any atom is 0.305 e. The minimum absolute atomic E-state index is 0.106. The number of aldehydes is 1. The molecule has 33 heavy (non-hydrogen) atoms. The highest BCUT2D eigenvalue weighted by molar-refractivity contribution is 5.95. The molecule has 3 aliphatic heterocycles. The fourth-order valence-electron chi connectivity index (χ4n) is 4.19. The highest BCUT2D eigenvalue weighted by Gasteiger charge is 2.44. The smallest absolute Gasteiger partial charge is 0.305 e. The van der Waals surface area contributed by atoms with Crippen LogP contribution in [0.15, 0.2) is 18.2 Å². The Bertz CT molecular complexity index is 983. The molecule has 3 atom stereocenters. The summed E-state index contributed by atoms with van der Waals surface area (Å²) in [4.78, 5) is 61.3. The van der Waals surface area contributed by atoms with Crippen LogP contribution in [0.25, 0.3) is 0 Å². The van der Waals surface area contributed by atoms with Crippen molar-refractivity contribution in [3.8, 4) is 11.5 Å². The van der Waals surface area contributed by atoms with Gasteiger partial charge in [0.15, 0.2) is 11.5 Å². The van der Waals surface area contributed by atoms with Gasteiger partial charge in [-0.2, -0.15) is 0 Å². The first-order valence-corrected chi connectivity index (χ1v) is 10.6. The van der Waals surface area contributed by atoms with Crippen LogP contribution in [0.3, 0.4) is 0 Å². The van der Waals surface area contributed by atoms with E-state index in [1.807, 2.05) is 0 Å². The van der Waals surface area contributed by atoms with Gasteiger partial charge in [0.05, 0.1) is 12.5 Å². The molecule has 3 N–H and O–H groups in total. The molecule has 3 amide bonds. The lowest BCUT2D eigenvalue weighted by Crippen LogP contribution is -2.63. The van der Waals surface area contributed by atoms with Crippen molar-refractivity contribution in [2.45, 2.75) is 50.2 Å². The standard InChI is InChI=1S/C21H24N4O8/c26-10-13(9-19(28)29)23-20(30)15-2-1-7-24-18(27)6-4-14(21(31)25(15)24)22-12-3-5-16-17(8-12)33-11-32-16/h3,5,8,10,13-15,22H,1-2,4,6-7,9,11H2,(H,23,30)(H,28,29)/t13-,14-,15-/m0/s1. The molecule has 0 radical (unpaired) electrons. The number of hydrogen-bond donors (Lipinski definition) is 3. The molecule has 0 saturated carbocycles. The van der Waals surface area contributed by atoms with Gasteiger partial charge in [0.25, 0.3) is 5.91 Å². The van der Waals surface area contributed by atoms with Gasteiger partial charge in [-0.3, -0.25) is 24.2 Å². The molecule has 0 spiro atoms. The Kier molecular flexibility index (Phi) is 6.33. The number of rotatable bonds is 7. The van der Waals surface area contributed by atoms with Crippen molar-refractivity contribution in [2.24, 2.45) is 0 Å². The van der Waals surface area contributed by atoms with E-state index >= 15 is 0 Å². The zero-order valence-corrected chi connectivity index (χ0v) is 17.7. The highest BCUT2D eigenvalue weighted by Crippen LogP contribution is 2.35. The van der Waals surface area contributed by atoms with Gasteiger partial charge < -0.3 is 30.0 Å². The molecule has 2 fully saturated rings. The monoisotopic (exact) mass is 460 g/mol. The van der Waals surface area contributed by atoms with Crippen molar-refractivity contribution in [3.05, 3.63) is 18.2 Å². The first-order valence-electron chi connectivity index (χ1n) is 10.6. The summed E-state index contributed by atoms with van der Waals surface area (Å²) in [5.41, 5.74) is 0.596. The van der Waals surface area contributed by atoms with Crippen LogP contribution < -0.4 is 20.1 Å². The Morgan fingerprint density at radius 2 is 2.00 bits per heavy atom. The Labute approximate surface area is 188 Å². The van der Waals surface area contributed by atoms with Crippen LogP contribution >= 0.6 is 0 Å². The summed E-state index contributed by atoms with van der Waals surface area (Å²) in [6, 6.07) is 2.08. The van der Waals surface area contributed by atoms with Gasteiger partial charge in [-0.1, -0.05) is 0 Å². The normalized spacial score (nSPS) is 22.8. The Hall–Kier alpha value is -3.83. The number of hydrogen-bond acceptors (Lipinski definition) is 8. The SMILES string of the molecule is O=C[C@H](CC(=O)O)NC(=O)[C@@H]1CCCN2C(=O)CC[C@H](Nc3ccc4c(c3)OCO4)C(=O)N12. The van der Waals surface area contributed by atoms with Gasteiger partial charge in [-0.15, -0.1) is 0 Å². The molecule has 12 nitrogen and oxygen atoms in total. The quantitative estimate of drug-likeness (QED) is 0.473. The number of hydrazine groups is 1. The van der Waals surface area contributed by atoms with E-state index in [9.17, 15) is 24.0 Å². The molecule has 3 aliphatic rings. The minimum Gasteiger partial charge on any atom is -0.481 e. The van der Waals surface area contributed by atoms with Crippen molar-refractivity contribution < 1.29 is 38.6 Å². The van der Waals surface area contributed by atoms with Gasteiger partial charge in [0.1, 0.15) is 18.4 Å². The molecule has 0 bridgehead atoms. The van der Waals surface area contributed by atoms with E-state index in [0.29, 0.717) is 29.9 Å². The molecule has 1 aromatic rings. The van der Waals surface area contributed by atoms with E-state index in [1.165, 1.54) is 5.01 Å². The number of nitrogens with zero attached hydrogens (tertiary/aromatic N) is 2. The zero-order chi connectivity index (χ0) is 23.5. The molecular weight excluding hydrogens is 436 g/mol. The number of anilines is 1. The molecule has 4 rings (SSSR count). The number of fused-ring (bicyclic) bond motifs is 2. The molecule has 0 aliphatic carbocycles. The second-order valence-corrected chi connectivity index (χ2v) is 8.01. The second-order valence-electron chi connectivity index (χ2n) is 8.01. The molecule has 176 valence electrons. The van der Waals surface area contributed by atoms with Gasteiger partial charge in [0, 0.05) is 24.7 Å². The number of aliphatic carboxylic acids is 1. The summed E-state index contributed by atoms with van der Waals surface area (Å²) >= 11 is 0. The third-order valence-electron chi connectivity index (χ3n) is 5.76. The maximum absolute atomic E-state index is 13.5. The van der Waals surface area contributed by atoms with Crippen LogP contribution in [0.1, 0.15) is 32.1 Å². The molecule has 0 aromatic heterocycles. The molecule has 0 unspecified atom stereocenters. The van der Waals surface area contributed by atoms with Crippen LogP contribution in [0, 0.1) is 0 Å². The minimum atomic E-state index is -1.24. The summed E-state index contributed by atoms with van der Waals surface area (Å²) in [5.74, 6) is -1.54. The van der Waals surface area contributed by atoms with Crippen molar-refractivity contribution in [3.63, 3.8) is 0 Å². The first-order chi connectivity index (χ1) is 15.9. The number of carboxylic acids is 1. The zero-order valence-electron chi connectivity index (χ0n) is 17.7. The summed E-state index contributed by atoms with van der Waals surface area (Å²) in [5, 5.41) is 16.9. The number of carboxylic acid groups (broad SMARTS) is 1. The molecule has 3 heterocycles. The Morgan fingerprint density at radius 3 is 2.76 bits per heavy atom. The number of ether oxygens (including phenoxy) is 2. The third-order valence-corrected chi connectivity index (χ3v) is 5.76. The molecule has 2 saturated heterocycles. The van der Waals surface area contributed by atoms with Gasteiger partial charge in [-0.05, 0) is 31.4 Å². The predicted octanol–water partition coefficient (Wildman–Crippen LogP) is -0.117. The lowest BCUT2D eigenvalue weighted by atomic mass is 10.0. The van der Waals surface area contributed by atoms with E-state index < -0.39 is 42.3 Å². The van der Waals surface area contributed by atoms with Crippen molar-refractivity contribution in [1.29, 1.82) is 0 Å². The van der Waals surface area contributed by atoms with Crippen LogP contribution in [0.5, 0.6) is 11.5 Å². The Morgan fingerprint density at radius 1 is 1.21 bits per heavy atom. The lowest BCUT2D eigenvalue weighted by Gasteiger charge is -2.43. The number of amides is 3. The Balaban J connectivity index is 1.54. The third kappa shape index (κ3) is 4.69. The van der Waals surface area contributed by atoms with Crippen LogP contribution in [0.2, 0.25) is 0 Å². The van der Waals surface area contributed by atoms with Crippen molar-refractivity contribution in [2.75, 3.05) is 18.7 Å². The predicted molar refractivity (Wildman–Crippen MR) is 111 cm³/mol. The van der Waals surface area contributed by atoms with Crippen molar-refractivity contribution in [1.82, 2.24) is 15.3 Å². The van der Waals surface area contributed by atoms with E-state index in [-0.39, 0.29) is 38.5 Å². The van der Waals surface area contributed by atoms with E-state index in [4.69, 9.17) is 14.6 Å². The topological polar surface area (TPSA) is 155 Å². The summed E-state index contributed by atoms with van der Waals surface area (Å²) < 4.78 is 10.7. The largest absolute Gasteiger partial charge is 0.481 e. The summed E-state index contributed by atoms with van der Waals surface area (Å²) in [6.45, 7) is 0.399. The van der Waals surface area contributed by atoms with E-state index in [1.54, 1.807) is 18.2 Å². The molecule has 1 aromatic carbocycles. The van der Waals surface area contributed by atoms with Crippen LogP contribution in [0.4, 0.5) is 5.69 Å². The van der Waals surface area contributed by atoms with Gasteiger partial charge >= 0.3 is 5.97 Å². The van der Waals surface area contributed by atoms with Crippen LogP contribution in [-0.4, -0.2) is 76.6 Å². The van der Waals surface area contributed by atoms with Crippen molar-refractivity contribution >= 4 is 35.7 Å². The number of carbonyl (C=O) groups is 5. The summed E-state index contributed by atoms with van der Waals surface area (Å²) in [7, 11) is 0. The lowest BCUT2D eigenvalue weighted by molar-refractivity contribution is -0.175. The van der Waals surface area contributed by atoms with E-state index in [0.717, 1.165) is 5.01 Å². The first kappa shape index (κ1) is 22.4. The summed E-state index contributed by atoms with van der Waals surface area (Å²) in [6.07, 6.45) is 0.854. The van der Waals surface area contributed by atoms with E-state index in [2.05, 4.69) is 10.6 Å². The van der Waals surface area contributed by atoms with Gasteiger partial charge in [0.2, 0.25) is 18.6 Å². The second kappa shape index (κ2) is 9.35.